The van der Waals surface area contributed by atoms with Crippen LogP contribution in [0.25, 0.3) is 0 Å². The van der Waals surface area contributed by atoms with Crippen molar-refractivity contribution in [3.05, 3.63) is 59.3 Å². The Balaban J connectivity index is 1.57. The van der Waals surface area contributed by atoms with Crippen molar-refractivity contribution < 1.29 is 13.2 Å². The fraction of sp³-hybridized carbons (Fsp3) is 0.381. The molecule has 1 aromatic carbocycles. The average molecular weight is 413 g/mol. The highest BCUT2D eigenvalue weighted by molar-refractivity contribution is 7.91. The Kier molecular flexibility index (Phi) is 6.83. The molecule has 3 rings (SSSR count). The summed E-state index contributed by atoms with van der Waals surface area (Å²) in [5.41, 5.74) is 1.90. The fourth-order valence-corrected chi connectivity index (χ4v) is 4.69. The summed E-state index contributed by atoms with van der Waals surface area (Å²) in [7, 11) is -3.61. The van der Waals surface area contributed by atoms with Gasteiger partial charge in [0.05, 0.1) is 17.4 Å². The van der Waals surface area contributed by atoms with Gasteiger partial charge in [0.1, 0.15) is 11.6 Å². The number of nitrogens with one attached hydrogen (secondary N) is 1. The number of sulfone groups is 1. The van der Waals surface area contributed by atoms with Gasteiger partial charge in [0.25, 0.3) is 0 Å². The molecule has 0 aliphatic carbocycles. The molecule has 2 aromatic rings. The van der Waals surface area contributed by atoms with Crippen molar-refractivity contribution in [2.75, 3.05) is 23.7 Å². The van der Waals surface area contributed by atoms with Gasteiger partial charge in [-0.25, -0.2) is 13.4 Å². The van der Waals surface area contributed by atoms with Crippen LogP contribution in [0.15, 0.2) is 42.6 Å². The van der Waals surface area contributed by atoms with E-state index in [4.69, 9.17) is 5.26 Å². The van der Waals surface area contributed by atoms with E-state index in [9.17, 15) is 13.2 Å². The van der Waals surface area contributed by atoms with E-state index in [2.05, 4.69) is 15.2 Å². The lowest BCUT2D eigenvalue weighted by Gasteiger charge is -2.29. The number of piperidine rings is 1. The molecule has 0 unspecified atom stereocenters. The molecule has 152 valence electrons. The van der Waals surface area contributed by atoms with E-state index in [1.54, 1.807) is 30.5 Å². The molecule has 0 saturated carbocycles. The Morgan fingerprint density at radius 1 is 1.14 bits per heavy atom. The Bertz CT molecular complexity index is 991. The number of amides is 1. The molecule has 0 bridgehead atoms. The number of nitrogens with zero attached hydrogens (tertiary/aromatic N) is 3. The van der Waals surface area contributed by atoms with E-state index in [1.807, 2.05) is 18.2 Å². The molecule has 1 amide bonds. The number of nitriles is 1. The Hall–Kier alpha value is -2.92. The number of carbonyl (C=O) groups excluding carboxylic acids is 1. The first-order valence-electron chi connectivity index (χ1n) is 9.62. The third kappa shape index (κ3) is 6.03. The highest BCUT2D eigenvalue weighted by Crippen LogP contribution is 2.21. The molecule has 29 heavy (non-hydrogen) atoms. The summed E-state index contributed by atoms with van der Waals surface area (Å²) in [5, 5.41) is 11.5. The van der Waals surface area contributed by atoms with E-state index < -0.39 is 21.5 Å². The van der Waals surface area contributed by atoms with Gasteiger partial charge in [-0.05, 0) is 43.0 Å². The van der Waals surface area contributed by atoms with Crippen molar-refractivity contribution in [1.29, 1.82) is 5.26 Å². The zero-order chi connectivity index (χ0) is 20.7. The smallest absolute Gasteiger partial charge is 0.235 e. The van der Waals surface area contributed by atoms with Crippen molar-refractivity contribution in [3.8, 4) is 6.07 Å². The van der Waals surface area contributed by atoms with E-state index in [-0.39, 0.29) is 12.3 Å². The monoisotopic (exact) mass is 412 g/mol. The minimum absolute atomic E-state index is 0.238. The van der Waals surface area contributed by atoms with Crippen LogP contribution in [0.2, 0.25) is 0 Å². The van der Waals surface area contributed by atoms with Crippen molar-refractivity contribution >= 4 is 21.6 Å². The predicted octanol–water partition coefficient (Wildman–Crippen LogP) is 2.17. The van der Waals surface area contributed by atoms with Gasteiger partial charge in [0.15, 0.2) is 9.84 Å². The van der Waals surface area contributed by atoms with Crippen LogP contribution in [0.1, 0.15) is 36.0 Å². The lowest BCUT2D eigenvalue weighted by Crippen LogP contribution is -2.33. The van der Waals surface area contributed by atoms with Crippen molar-refractivity contribution in [3.63, 3.8) is 0 Å². The summed E-state index contributed by atoms with van der Waals surface area (Å²) in [6.45, 7) is 2.12. The molecular weight excluding hydrogens is 388 g/mol. The Labute approximate surface area is 171 Å². The number of carbonyl (C=O) groups is 1. The standard InChI is InChI=1S/C21H24N4O3S/c22-13-17-6-8-18(9-7-17)15-29(27,28)16-20(26)24-14-19-5-4-10-23-21(19)25-11-2-1-3-12-25/h4-10H,1-3,11-12,14-16H2,(H,24,26). The molecule has 8 heteroatoms. The third-order valence-corrected chi connectivity index (χ3v) is 6.29. The van der Waals surface area contributed by atoms with Gasteiger partial charge >= 0.3 is 0 Å². The Morgan fingerprint density at radius 3 is 2.55 bits per heavy atom. The van der Waals surface area contributed by atoms with E-state index in [1.165, 1.54) is 6.42 Å². The lowest BCUT2D eigenvalue weighted by molar-refractivity contribution is -0.118. The van der Waals surface area contributed by atoms with Crippen LogP contribution in [0.3, 0.4) is 0 Å². The van der Waals surface area contributed by atoms with Crippen LogP contribution in [-0.2, 0) is 26.9 Å². The summed E-state index contributed by atoms with van der Waals surface area (Å²) in [6.07, 6.45) is 5.19. The van der Waals surface area contributed by atoms with Crippen LogP contribution in [0.4, 0.5) is 5.82 Å². The maximum Gasteiger partial charge on any atom is 0.235 e. The van der Waals surface area contributed by atoms with Gasteiger partial charge in [-0.15, -0.1) is 0 Å². The molecule has 2 heterocycles. The molecule has 1 fully saturated rings. The topological polar surface area (TPSA) is 103 Å². The highest BCUT2D eigenvalue weighted by Gasteiger charge is 2.19. The van der Waals surface area contributed by atoms with Gasteiger partial charge in [-0.3, -0.25) is 4.79 Å². The number of benzene rings is 1. The summed E-state index contributed by atoms with van der Waals surface area (Å²) in [4.78, 5) is 18.9. The number of anilines is 1. The molecule has 1 N–H and O–H groups in total. The van der Waals surface area contributed by atoms with Crippen molar-refractivity contribution in [2.24, 2.45) is 0 Å². The van der Waals surface area contributed by atoms with Crippen LogP contribution < -0.4 is 10.2 Å². The SMILES string of the molecule is N#Cc1ccc(CS(=O)(=O)CC(=O)NCc2cccnc2N2CCCCC2)cc1. The van der Waals surface area contributed by atoms with Crippen LogP contribution in [0, 0.1) is 11.3 Å². The number of pyridine rings is 1. The molecule has 1 aliphatic heterocycles. The molecule has 1 aromatic heterocycles. The van der Waals surface area contributed by atoms with Gasteiger partial charge in [-0.1, -0.05) is 18.2 Å². The predicted molar refractivity (Wildman–Crippen MR) is 111 cm³/mol. The molecule has 0 spiro atoms. The Morgan fingerprint density at radius 2 is 1.86 bits per heavy atom. The van der Waals surface area contributed by atoms with Crippen LogP contribution >= 0.6 is 0 Å². The average Bonchev–Trinajstić information content (AvgIpc) is 2.73. The first-order chi connectivity index (χ1) is 14.0. The first kappa shape index (κ1) is 20.8. The normalized spacial score (nSPS) is 14.2. The van der Waals surface area contributed by atoms with Gasteiger partial charge in [-0.2, -0.15) is 5.26 Å². The fourth-order valence-electron chi connectivity index (χ4n) is 3.38. The molecule has 0 atom stereocenters. The molecule has 1 saturated heterocycles. The number of hydrogen-bond donors (Lipinski definition) is 1. The largest absolute Gasteiger partial charge is 0.356 e. The zero-order valence-corrected chi connectivity index (χ0v) is 17.0. The minimum Gasteiger partial charge on any atom is -0.356 e. The summed E-state index contributed by atoms with van der Waals surface area (Å²) in [5.74, 6) is -0.496. The number of rotatable bonds is 7. The lowest BCUT2D eigenvalue weighted by atomic mass is 10.1. The summed E-state index contributed by atoms with van der Waals surface area (Å²) >= 11 is 0. The number of hydrogen-bond acceptors (Lipinski definition) is 6. The molecule has 0 radical (unpaired) electrons. The second-order valence-corrected chi connectivity index (χ2v) is 9.22. The summed E-state index contributed by atoms with van der Waals surface area (Å²) < 4.78 is 24.7. The highest BCUT2D eigenvalue weighted by atomic mass is 32.2. The van der Waals surface area contributed by atoms with Gasteiger partial charge < -0.3 is 10.2 Å². The van der Waals surface area contributed by atoms with Gasteiger partial charge in [0, 0.05) is 31.4 Å². The van der Waals surface area contributed by atoms with Crippen molar-refractivity contribution in [2.45, 2.75) is 31.6 Å². The maximum atomic E-state index is 12.3. The van der Waals surface area contributed by atoms with E-state index in [0.717, 1.165) is 37.3 Å². The second-order valence-electron chi connectivity index (χ2n) is 7.15. The van der Waals surface area contributed by atoms with E-state index >= 15 is 0 Å². The quantitative estimate of drug-likeness (QED) is 0.748. The molecule has 7 nitrogen and oxygen atoms in total. The number of aromatic nitrogens is 1. The van der Waals surface area contributed by atoms with Crippen LogP contribution in [0.5, 0.6) is 0 Å². The van der Waals surface area contributed by atoms with Gasteiger partial charge in [0.2, 0.25) is 5.91 Å². The van der Waals surface area contributed by atoms with Crippen LogP contribution in [-0.4, -0.2) is 38.2 Å². The summed E-state index contributed by atoms with van der Waals surface area (Å²) in [6, 6.07) is 12.0. The van der Waals surface area contributed by atoms with E-state index in [0.29, 0.717) is 11.1 Å². The first-order valence-corrected chi connectivity index (χ1v) is 11.4. The second kappa shape index (κ2) is 9.52. The maximum absolute atomic E-state index is 12.3. The minimum atomic E-state index is -3.61. The molecular formula is C21H24N4O3S. The zero-order valence-electron chi connectivity index (χ0n) is 16.2. The molecule has 1 aliphatic rings. The third-order valence-electron chi connectivity index (χ3n) is 4.82. The van der Waals surface area contributed by atoms with Crippen molar-refractivity contribution in [1.82, 2.24) is 10.3 Å².